The predicted octanol–water partition coefficient (Wildman–Crippen LogP) is 0.533. The number of carboxylic acids is 1. The van der Waals surface area contributed by atoms with E-state index < -0.39 is 35.8 Å². The number of allylic oxidation sites excluding steroid dienone is 2. The second kappa shape index (κ2) is 6.95. The van der Waals surface area contributed by atoms with Gasteiger partial charge in [-0.25, -0.2) is 4.79 Å². The number of aliphatic hydroxyl groups is 1. The van der Waals surface area contributed by atoms with Gasteiger partial charge in [0.05, 0.1) is 11.8 Å². The van der Waals surface area contributed by atoms with Crippen molar-refractivity contribution in [3.63, 3.8) is 0 Å². The monoisotopic (exact) mass is 324 g/mol. The lowest BCUT2D eigenvalue weighted by Gasteiger charge is -2.23. The van der Waals surface area contributed by atoms with Gasteiger partial charge in [0.15, 0.2) is 0 Å². The summed E-state index contributed by atoms with van der Waals surface area (Å²) >= 11 is 0. The van der Waals surface area contributed by atoms with E-state index in [2.05, 4.69) is 6.58 Å². The third-order valence-corrected chi connectivity index (χ3v) is 4.19. The molecule has 1 fully saturated rings. The van der Waals surface area contributed by atoms with E-state index in [4.69, 9.17) is 9.47 Å². The number of ether oxygens (including phenoxy) is 2. The molecule has 1 saturated carbocycles. The Balaban J connectivity index is 1.83. The van der Waals surface area contributed by atoms with Crippen molar-refractivity contribution >= 4 is 17.9 Å². The number of aliphatic carboxylic acids is 1. The van der Waals surface area contributed by atoms with Crippen LogP contribution in [0.15, 0.2) is 24.3 Å². The second-order valence-electron chi connectivity index (χ2n) is 6.00. The van der Waals surface area contributed by atoms with Crippen LogP contribution < -0.4 is 0 Å². The van der Waals surface area contributed by atoms with E-state index in [1.807, 2.05) is 12.2 Å². The molecule has 7 nitrogen and oxygen atoms in total. The van der Waals surface area contributed by atoms with E-state index in [1.165, 1.54) is 6.92 Å². The molecule has 2 aliphatic rings. The molecule has 5 atom stereocenters. The Hall–Kier alpha value is -2.15. The summed E-state index contributed by atoms with van der Waals surface area (Å²) < 4.78 is 9.76. The molecule has 0 aromatic rings. The molecule has 0 saturated heterocycles. The van der Waals surface area contributed by atoms with Crippen molar-refractivity contribution in [1.82, 2.24) is 0 Å². The second-order valence-corrected chi connectivity index (χ2v) is 6.00. The number of rotatable bonds is 7. The maximum atomic E-state index is 12.1. The zero-order valence-electron chi connectivity index (χ0n) is 12.8. The molecule has 2 rings (SSSR count). The Kier molecular flexibility index (Phi) is 5.20. The van der Waals surface area contributed by atoms with Crippen molar-refractivity contribution < 1.29 is 34.1 Å². The SMILES string of the molecule is C=C(C)C(=O)OCC(O)COC(=O)C1C2C=CC(C2)C1C(=O)O. The van der Waals surface area contributed by atoms with E-state index in [1.54, 1.807) is 0 Å². The topological polar surface area (TPSA) is 110 Å². The first-order valence-corrected chi connectivity index (χ1v) is 7.39. The normalized spacial score (nSPS) is 29.1. The Morgan fingerprint density at radius 2 is 1.74 bits per heavy atom. The highest BCUT2D eigenvalue weighted by atomic mass is 16.6. The maximum absolute atomic E-state index is 12.1. The number of carbonyl (C=O) groups is 3. The molecule has 7 heteroatoms. The van der Waals surface area contributed by atoms with Gasteiger partial charge < -0.3 is 19.7 Å². The molecular formula is C16H20O7. The molecule has 2 aliphatic carbocycles. The van der Waals surface area contributed by atoms with Gasteiger partial charge >= 0.3 is 17.9 Å². The summed E-state index contributed by atoms with van der Waals surface area (Å²) in [5.74, 6) is -4.08. The van der Waals surface area contributed by atoms with Gasteiger partial charge in [0.2, 0.25) is 0 Å². The first-order chi connectivity index (χ1) is 10.8. The smallest absolute Gasteiger partial charge is 0.333 e. The fourth-order valence-electron chi connectivity index (χ4n) is 3.10. The van der Waals surface area contributed by atoms with Gasteiger partial charge in [-0.2, -0.15) is 0 Å². The lowest BCUT2D eigenvalue weighted by atomic mass is 9.83. The number of carboxylic acid groups (broad SMARTS) is 1. The summed E-state index contributed by atoms with van der Waals surface area (Å²) in [5, 5.41) is 18.9. The van der Waals surface area contributed by atoms with Crippen molar-refractivity contribution in [2.24, 2.45) is 23.7 Å². The van der Waals surface area contributed by atoms with Crippen LogP contribution in [0.3, 0.4) is 0 Å². The lowest BCUT2D eigenvalue weighted by Crippen LogP contribution is -2.36. The Morgan fingerprint density at radius 3 is 2.30 bits per heavy atom. The summed E-state index contributed by atoms with van der Waals surface area (Å²) in [4.78, 5) is 34.7. The zero-order chi connectivity index (χ0) is 17.1. The molecule has 2 N–H and O–H groups in total. The zero-order valence-corrected chi connectivity index (χ0v) is 12.8. The third kappa shape index (κ3) is 3.79. The van der Waals surface area contributed by atoms with E-state index in [9.17, 15) is 24.6 Å². The van der Waals surface area contributed by atoms with Gasteiger partial charge in [0.25, 0.3) is 0 Å². The third-order valence-electron chi connectivity index (χ3n) is 4.19. The van der Waals surface area contributed by atoms with Crippen LogP contribution >= 0.6 is 0 Å². The highest BCUT2D eigenvalue weighted by Gasteiger charge is 2.52. The van der Waals surface area contributed by atoms with E-state index >= 15 is 0 Å². The predicted molar refractivity (Wildman–Crippen MR) is 78.1 cm³/mol. The Morgan fingerprint density at radius 1 is 1.17 bits per heavy atom. The van der Waals surface area contributed by atoms with E-state index in [0.717, 1.165) is 0 Å². The van der Waals surface area contributed by atoms with Crippen LogP contribution in [0.5, 0.6) is 0 Å². The van der Waals surface area contributed by atoms with E-state index in [0.29, 0.717) is 6.42 Å². The molecule has 126 valence electrons. The minimum absolute atomic E-state index is 0.132. The average Bonchev–Trinajstić information content (AvgIpc) is 3.10. The van der Waals surface area contributed by atoms with Crippen molar-refractivity contribution in [3.8, 4) is 0 Å². The van der Waals surface area contributed by atoms with E-state index in [-0.39, 0.29) is 30.6 Å². The van der Waals surface area contributed by atoms with Gasteiger partial charge in [-0.15, -0.1) is 0 Å². The Bertz CT molecular complexity index is 551. The number of hydrogen-bond acceptors (Lipinski definition) is 6. The number of hydrogen-bond donors (Lipinski definition) is 2. The quantitative estimate of drug-likeness (QED) is 0.399. The maximum Gasteiger partial charge on any atom is 0.333 e. The molecule has 2 bridgehead atoms. The van der Waals surface area contributed by atoms with Gasteiger partial charge in [0, 0.05) is 5.57 Å². The highest BCUT2D eigenvalue weighted by molar-refractivity contribution is 5.87. The van der Waals surface area contributed by atoms with Gasteiger partial charge in [-0.3, -0.25) is 9.59 Å². The van der Waals surface area contributed by atoms with Gasteiger partial charge in [-0.1, -0.05) is 18.7 Å². The number of aliphatic hydroxyl groups excluding tert-OH is 1. The fraction of sp³-hybridized carbons (Fsp3) is 0.562. The molecule has 0 spiro atoms. The molecule has 0 aromatic heterocycles. The van der Waals surface area contributed by atoms with Crippen LogP contribution in [-0.2, 0) is 23.9 Å². The van der Waals surface area contributed by atoms with Crippen molar-refractivity contribution in [2.75, 3.05) is 13.2 Å². The van der Waals surface area contributed by atoms with Gasteiger partial charge in [-0.05, 0) is 25.2 Å². The Labute approximate surface area is 133 Å². The van der Waals surface area contributed by atoms with Crippen molar-refractivity contribution in [2.45, 2.75) is 19.4 Å². The number of carbonyl (C=O) groups excluding carboxylic acids is 2. The molecule has 23 heavy (non-hydrogen) atoms. The largest absolute Gasteiger partial charge is 0.481 e. The minimum Gasteiger partial charge on any atom is -0.481 e. The molecule has 0 aliphatic heterocycles. The minimum atomic E-state index is -1.17. The first-order valence-electron chi connectivity index (χ1n) is 7.39. The lowest BCUT2D eigenvalue weighted by molar-refractivity contribution is -0.161. The molecule has 0 amide bonds. The highest BCUT2D eigenvalue weighted by Crippen LogP contribution is 2.48. The summed E-state index contributed by atoms with van der Waals surface area (Å²) in [7, 11) is 0. The van der Waals surface area contributed by atoms with Crippen LogP contribution in [0, 0.1) is 23.7 Å². The average molecular weight is 324 g/mol. The van der Waals surface area contributed by atoms with Crippen LogP contribution in [0.1, 0.15) is 13.3 Å². The molecule has 0 radical (unpaired) electrons. The van der Waals surface area contributed by atoms with Crippen LogP contribution in [0.2, 0.25) is 0 Å². The van der Waals surface area contributed by atoms with Gasteiger partial charge in [0.1, 0.15) is 19.3 Å². The molecule has 0 heterocycles. The summed E-state index contributed by atoms with van der Waals surface area (Å²) in [6.07, 6.45) is 3.15. The fourth-order valence-corrected chi connectivity index (χ4v) is 3.10. The van der Waals surface area contributed by atoms with Crippen LogP contribution in [0.4, 0.5) is 0 Å². The van der Waals surface area contributed by atoms with Crippen molar-refractivity contribution in [3.05, 3.63) is 24.3 Å². The standard InChI is InChI=1S/C16H20O7/c1-8(2)15(20)22-6-11(17)7-23-16(21)13-10-4-3-9(5-10)12(13)14(18)19/h3-4,9-13,17H,1,5-7H2,2H3,(H,18,19). The van der Waals surface area contributed by atoms with Crippen LogP contribution in [0.25, 0.3) is 0 Å². The number of fused-ring (bicyclic) bond motifs is 2. The molecule has 5 unspecified atom stereocenters. The molecular weight excluding hydrogens is 304 g/mol. The summed E-state index contributed by atoms with van der Waals surface area (Å²) in [5.41, 5.74) is 0.201. The van der Waals surface area contributed by atoms with Crippen LogP contribution in [-0.4, -0.2) is 47.4 Å². The van der Waals surface area contributed by atoms with Crippen molar-refractivity contribution in [1.29, 1.82) is 0 Å². The summed E-state index contributed by atoms with van der Waals surface area (Å²) in [6.45, 7) is 4.20. The first kappa shape index (κ1) is 17.2. The number of esters is 2. The summed E-state index contributed by atoms with van der Waals surface area (Å²) in [6, 6.07) is 0. The molecule has 0 aromatic carbocycles.